The van der Waals surface area contributed by atoms with Gasteiger partial charge in [0.05, 0.1) is 5.41 Å². The number of hydrogen-bond donors (Lipinski definition) is 2. The molecule has 1 aromatic rings. The summed E-state index contributed by atoms with van der Waals surface area (Å²) in [6, 6.07) is 5.35. The van der Waals surface area contributed by atoms with Gasteiger partial charge >= 0.3 is 6.18 Å². The van der Waals surface area contributed by atoms with Crippen LogP contribution in [0.1, 0.15) is 49.0 Å². The Morgan fingerprint density at radius 3 is 2.38 bits per heavy atom. The molecule has 0 radical (unpaired) electrons. The maximum Gasteiger partial charge on any atom is 0.397 e. The number of nitrogens with one attached hydrogen (secondary N) is 2. The van der Waals surface area contributed by atoms with Crippen molar-refractivity contribution in [3.8, 4) is 0 Å². The fraction of sp³-hybridized carbons (Fsp3) is 0.529. The summed E-state index contributed by atoms with van der Waals surface area (Å²) < 4.78 is 39.1. The first-order chi connectivity index (χ1) is 11.1. The zero-order valence-electron chi connectivity index (χ0n) is 13.7. The highest BCUT2D eigenvalue weighted by atomic mass is 19.4. The van der Waals surface area contributed by atoms with Crippen LogP contribution >= 0.6 is 0 Å². The van der Waals surface area contributed by atoms with Gasteiger partial charge in [-0.15, -0.1) is 0 Å². The summed E-state index contributed by atoms with van der Waals surface area (Å²) in [6.07, 6.45) is -2.83. The van der Waals surface area contributed by atoms with Gasteiger partial charge in [0.15, 0.2) is 0 Å². The number of benzene rings is 1. The molecule has 24 heavy (non-hydrogen) atoms. The quantitative estimate of drug-likeness (QED) is 0.887. The molecule has 0 aromatic heterocycles. The predicted molar refractivity (Wildman–Crippen MR) is 83.6 cm³/mol. The summed E-state index contributed by atoms with van der Waals surface area (Å²) in [5.41, 5.74) is -1.56. The van der Waals surface area contributed by atoms with Crippen LogP contribution in [0.2, 0.25) is 0 Å². The topological polar surface area (TPSA) is 58.2 Å². The van der Waals surface area contributed by atoms with E-state index in [0.29, 0.717) is 31.4 Å². The number of alkyl halides is 3. The van der Waals surface area contributed by atoms with E-state index in [-0.39, 0.29) is 23.4 Å². The van der Waals surface area contributed by atoms with Gasteiger partial charge in [0.1, 0.15) is 0 Å². The Bertz CT molecular complexity index is 609. The highest BCUT2D eigenvalue weighted by molar-refractivity contribution is 5.94. The second-order valence-electron chi connectivity index (χ2n) is 6.55. The molecule has 2 rings (SSSR count). The Morgan fingerprint density at radius 2 is 1.79 bits per heavy atom. The molecule has 2 N–H and O–H groups in total. The summed E-state index contributed by atoms with van der Waals surface area (Å²) in [5.74, 6) is -0.379. The van der Waals surface area contributed by atoms with Gasteiger partial charge < -0.3 is 10.6 Å². The Balaban J connectivity index is 2.05. The standard InChI is InChI=1S/C17H21F3N2O2/c1-16(2,17(18,19)20)12-5-3-11(4-6-12)15(24)22-13-7-8-14(23)21-10-9-13/h3-6,13H,7-10H2,1-2H3,(H,21,23)(H,22,24). The SMILES string of the molecule is CC(C)(c1ccc(C(=O)NC2CCNC(=O)CC2)cc1)C(F)(F)F. The van der Waals surface area contributed by atoms with Crippen LogP contribution in [0.3, 0.4) is 0 Å². The Labute approximate surface area is 138 Å². The summed E-state index contributed by atoms with van der Waals surface area (Å²) in [6.45, 7) is 2.72. The zero-order chi connectivity index (χ0) is 18.0. The van der Waals surface area contributed by atoms with E-state index in [1.165, 1.54) is 24.3 Å². The highest BCUT2D eigenvalue weighted by Gasteiger charge is 2.48. The molecule has 0 spiro atoms. The van der Waals surface area contributed by atoms with Crippen molar-refractivity contribution in [2.24, 2.45) is 0 Å². The largest absolute Gasteiger partial charge is 0.397 e. The monoisotopic (exact) mass is 342 g/mol. The number of rotatable bonds is 3. The maximum absolute atomic E-state index is 13.0. The molecule has 132 valence electrons. The second-order valence-corrected chi connectivity index (χ2v) is 6.55. The molecule has 0 saturated carbocycles. The fourth-order valence-electron chi connectivity index (χ4n) is 2.54. The van der Waals surface area contributed by atoms with Crippen molar-refractivity contribution in [1.82, 2.24) is 10.6 Å². The van der Waals surface area contributed by atoms with E-state index in [4.69, 9.17) is 0 Å². The van der Waals surface area contributed by atoms with Gasteiger partial charge in [-0.1, -0.05) is 12.1 Å². The van der Waals surface area contributed by atoms with Gasteiger partial charge in [0, 0.05) is 24.6 Å². The Hall–Kier alpha value is -2.05. The molecule has 1 atom stereocenters. The van der Waals surface area contributed by atoms with E-state index in [1.54, 1.807) is 0 Å². The van der Waals surface area contributed by atoms with Crippen LogP contribution in [0.15, 0.2) is 24.3 Å². The van der Waals surface area contributed by atoms with Crippen LogP contribution < -0.4 is 10.6 Å². The average Bonchev–Trinajstić information content (AvgIpc) is 2.71. The number of amides is 2. The third-order valence-electron chi connectivity index (χ3n) is 4.45. The zero-order valence-corrected chi connectivity index (χ0v) is 13.7. The number of halogens is 3. The molecular weight excluding hydrogens is 321 g/mol. The Morgan fingerprint density at radius 1 is 1.17 bits per heavy atom. The molecule has 1 aliphatic rings. The van der Waals surface area contributed by atoms with Crippen LogP contribution in [0.25, 0.3) is 0 Å². The van der Waals surface area contributed by atoms with Gasteiger partial charge in [-0.2, -0.15) is 13.2 Å². The first kappa shape index (κ1) is 18.3. The molecule has 1 aromatic carbocycles. The normalized spacial score (nSPS) is 19.4. The van der Waals surface area contributed by atoms with Crippen molar-refractivity contribution in [2.45, 2.75) is 50.7 Å². The molecule has 1 fully saturated rings. The van der Waals surface area contributed by atoms with Crippen molar-refractivity contribution in [3.05, 3.63) is 35.4 Å². The minimum Gasteiger partial charge on any atom is -0.356 e. The van der Waals surface area contributed by atoms with Crippen LogP contribution in [-0.4, -0.2) is 30.6 Å². The van der Waals surface area contributed by atoms with E-state index in [2.05, 4.69) is 10.6 Å². The van der Waals surface area contributed by atoms with E-state index >= 15 is 0 Å². The number of hydrogen-bond acceptors (Lipinski definition) is 2. The molecule has 7 heteroatoms. The van der Waals surface area contributed by atoms with Crippen molar-refractivity contribution < 1.29 is 22.8 Å². The van der Waals surface area contributed by atoms with Crippen LogP contribution in [0.5, 0.6) is 0 Å². The van der Waals surface area contributed by atoms with Gasteiger partial charge in [0.25, 0.3) is 5.91 Å². The maximum atomic E-state index is 13.0. The summed E-state index contributed by atoms with van der Waals surface area (Å²) in [7, 11) is 0. The van der Waals surface area contributed by atoms with Crippen molar-refractivity contribution in [1.29, 1.82) is 0 Å². The molecule has 0 bridgehead atoms. The average molecular weight is 342 g/mol. The first-order valence-corrected chi connectivity index (χ1v) is 7.86. The molecule has 1 unspecified atom stereocenters. The third-order valence-corrected chi connectivity index (χ3v) is 4.45. The number of carbonyl (C=O) groups is 2. The molecule has 2 amide bonds. The first-order valence-electron chi connectivity index (χ1n) is 7.86. The minimum absolute atomic E-state index is 0.0366. The van der Waals surface area contributed by atoms with Crippen LogP contribution in [0, 0.1) is 0 Å². The van der Waals surface area contributed by atoms with Crippen molar-refractivity contribution in [2.75, 3.05) is 6.54 Å². The second kappa shape index (κ2) is 6.83. The summed E-state index contributed by atoms with van der Waals surface area (Å²) in [5, 5.41) is 5.56. The molecule has 1 saturated heterocycles. The molecule has 0 aliphatic carbocycles. The lowest BCUT2D eigenvalue weighted by Crippen LogP contribution is -2.37. The molecular formula is C17H21F3N2O2. The Kier molecular flexibility index (Phi) is 5.20. The summed E-state index contributed by atoms with van der Waals surface area (Å²) >= 11 is 0. The van der Waals surface area contributed by atoms with E-state index < -0.39 is 11.6 Å². The van der Waals surface area contributed by atoms with Gasteiger partial charge in [0.2, 0.25) is 5.91 Å². The minimum atomic E-state index is -4.36. The van der Waals surface area contributed by atoms with Crippen LogP contribution in [-0.2, 0) is 10.2 Å². The predicted octanol–water partition coefficient (Wildman–Crippen LogP) is 2.93. The van der Waals surface area contributed by atoms with E-state index in [1.807, 2.05) is 0 Å². The van der Waals surface area contributed by atoms with Crippen molar-refractivity contribution >= 4 is 11.8 Å². The summed E-state index contributed by atoms with van der Waals surface area (Å²) in [4.78, 5) is 23.5. The molecule has 1 heterocycles. The van der Waals surface area contributed by atoms with Crippen LogP contribution in [0.4, 0.5) is 13.2 Å². The third kappa shape index (κ3) is 4.07. The lowest BCUT2D eigenvalue weighted by molar-refractivity contribution is -0.180. The number of carbonyl (C=O) groups excluding carboxylic acids is 2. The molecule has 1 aliphatic heterocycles. The highest BCUT2D eigenvalue weighted by Crippen LogP contribution is 2.40. The van der Waals surface area contributed by atoms with E-state index in [0.717, 1.165) is 13.8 Å². The molecule has 4 nitrogen and oxygen atoms in total. The fourth-order valence-corrected chi connectivity index (χ4v) is 2.54. The van der Waals surface area contributed by atoms with Crippen molar-refractivity contribution in [3.63, 3.8) is 0 Å². The smallest absolute Gasteiger partial charge is 0.356 e. The van der Waals surface area contributed by atoms with Gasteiger partial charge in [-0.05, 0) is 44.4 Å². The van der Waals surface area contributed by atoms with Gasteiger partial charge in [-0.25, -0.2) is 0 Å². The lowest BCUT2D eigenvalue weighted by atomic mass is 9.83. The van der Waals surface area contributed by atoms with Gasteiger partial charge in [-0.3, -0.25) is 9.59 Å². The van der Waals surface area contributed by atoms with E-state index in [9.17, 15) is 22.8 Å². The lowest BCUT2D eigenvalue weighted by Gasteiger charge is -2.28.